The molecule has 0 N–H and O–H groups in total. The Bertz CT molecular complexity index is 838. The Morgan fingerprint density at radius 2 is 1.78 bits per heavy atom. The molecule has 4 rings (SSSR count). The first kappa shape index (κ1) is 18.3. The molecule has 2 heterocycles. The van der Waals surface area contributed by atoms with Gasteiger partial charge in [-0.15, -0.1) is 0 Å². The van der Waals surface area contributed by atoms with Gasteiger partial charge in [0.05, 0.1) is 5.56 Å². The first-order valence-corrected chi connectivity index (χ1v) is 9.61. The highest BCUT2D eigenvalue weighted by atomic mass is 19.4. The zero-order valence-corrected chi connectivity index (χ0v) is 15.5. The van der Waals surface area contributed by atoms with E-state index >= 15 is 0 Å². The van der Waals surface area contributed by atoms with E-state index in [2.05, 4.69) is 35.2 Å². The van der Waals surface area contributed by atoms with E-state index in [4.69, 9.17) is 0 Å². The average molecular weight is 371 g/mol. The Labute approximate surface area is 158 Å². The van der Waals surface area contributed by atoms with E-state index in [1.54, 1.807) is 6.92 Å². The van der Waals surface area contributed by atoms with Gasteiger partial charge in [-0.3, -0.25) is 4.90 Å². The van der Waals surface area contributed by atoms with E-state index in [-0.39, 0.29) is 0 Å². The van der Waals surface area contributed by atoms with E-state index in [0.29, 0.717) is 17.6 Å². The van der Waals surface area contributed by atoms with E-state index in [1.165, 1.54) is 24.1 Å². The van der Waals surface area contributed by atoms with Crippen molar-refractivity contribution in [2.45, 2.75) is 57.4 Å². The van der Waals surface area contributed by atoms with Crippen LogP contribution in [0.5, 0.6) is 0 Å². The Kier molecular flexibility index (Phi) is 4.85. The van der Waals surface area contributed by atoms with Crippen molar-refractivity contribution in [2.75, 3.05) is 0 Å². The minimum absolute atomic E-state index is 0.307. The lowest BCUT2D eigenvalue weighted by Gasteiger charge is -2.45. The maximum Gasteiger partial charge on any atom is 0.416 e. The number of halogens is 3. The van der Waals surface area contributed by atoms with Crippen molar-refractivity contribution in [3.05, 3.63) is 76.9 Å². The standard InChI is InChI=1S/C23H24F3N/c1-16-21(11-6-12-22(16)23(24,25)26)18-13-19-9-5-10-20(14-18)27(19)15-17-7-3-2-4-8-17/h2-4,6-8,11-13,19-20H,5,9-10,14-15H2,1H3. The number of piperidine rings is 1. The number of nitrogens with zero attached hydrogens (tertiary/aromatic N) is 1. The second-order valence-corrected chi connectivity index (χ2v) is 7.68. The fraction of sp³-hybridized carbons (Fsp3) is 0.391. The second kappa shape index (κ2) is 7.16. The van der Waals surface area contributed by atoms with Crippen LogP contribution in [-0.4, -0.2) is 17.0 Å². The number of fused-ring (bicyclic) bond motifs is 2. The molecule has 2 atom stereocenters. The van der Waals surface area contributed by atoms with Crippen LogP contribution in [0, 0.1) is 6.92 Å². The van der Waals surface area contributed by atoms with Crippen LogP contribution in [0.3, 0.4) is 0 Å². The van der Waals surface area contributed by atoms with E-state index < -0.39 is 11.7 Å². The topological polar surface area (TPSA) is 3.24 Å². The molecule has 2 unspecified atom stereocenters. The lowest BCUT2D eigenvalue weighted by molar-refractivity contribution is -0.138. The van der Waals surface area contributed by atoms with E-state index in [9.17, 15) is 13.2 Å². The molecule has 0 spiro atoms. The van der Waals surface area contributed by atoms with Gasteiger partial charge >= 0.3 is 6.18 Å². The lowest BCUT2D eigenvalue weighted by atomic mass is 9.81. The fourth-order valence-corrected chi connectivity index (χ4v) is 4.65. The van der Waals surface area contributed by atoms with Gasteiger partial charge in [0.2, 0.25) is 0 Å². The number of benzene rings is 2. The zero-order chi connectivity index (χ0) is 19.0. The van der Waals surface area contributed by atoms with Gasteiger partial charge in [-0.25, -0.2) is 0 Å². The van der Waals surface area contributed by atoms with Gasteiger partial charge < -0.3 is 0 Å². The van der Waals surface area contributed by atoms with Crippen LogP contribution in [-0.2, 0) is 12.7 Å². The van der Waals surface area contributed by atoms with Crippen molar-refractivity contribution < 1.29 is 13.2 Å². The summed E-state index contributed by atoms with van der Waals surface area (Å²) in [6, 6.07) is 15.7. The monoisotopic (exact) mass is 371 g/mol. The molecule has 1 fully saturated rings. The molecular formula is C23H24F3N. The summed E-state index contributed by atoms with van der Waals surface area (Å²) in [5.74, 6) is 0. The van der Waals surface area contributed by atoms with E-state index in [0.717, 1.165) is 36.9 Å². The summed E-state index contributed by atoms with van der Waals surface area (Å²) in [5.41, 5.74) is 2.98. The Morgan fingerprint density at radius 1 is 1.00 bits per heavy atom. The molecular weight excluding hydrogens is 347 g/mol. The molecule has 2 aliphatic rings. The van der Waals surface area contributed by atoms with Crippen molar-refractivity contribution in [1.29, 1.82) is 0 Å². The van der Waals surface area contributed by atoms with Crippen molar-refractivity contribution in [3.8, 4) is 0 Å². The maximum atomic E-state index is 13.3. The summed E-state index contributed by atoms with van der Waals surface area (Å²) in [7, 11) is 0. The highest BCUT2D eigenvalue weighted by molar-refractivity contribution is 5.71. The molecule has 0 aliphatic carbocycles. The van der Waals surface area contributed by atoms with Gasteiger partial charge in [-0.2, -0.15) is 13.2 Å². The van der Waals surface area contributed by atoms with Crippen LogP contribution < -0.4 is 0 Å². The lowest BCUT2D eigenvalue weighted by Crippen LogP contribution is -2.47. The van der Waals surface area contributed by atoms with Gasteiger partial charge in [0.1, 0.15) is 0 Å². The fourth-order valence-electron chi connectivity index (χ4n) is 4.65. The van der Waals surface area contributed by atoms with Crippen LogP contribution in [0.25, 0.3) is 5.57 Å². The summed E-state index contributed by atoms with van der Waals surface area (Å²) in [6.45, 7) is 2.51. The van der Waals surface area contributed by atoms with Crippen molar-refractivity contribution in [3.63, 3.8) is 0 Å². The first-order chi connectivity index (χ1) is 12.9. The molecule has 4 heteroatoms. The van der Waals surface area contributed by atoms with Gasteiger partial charge in [-0.1, -0.05) is 55.0 Å². The van der Waals surface area contributed by atoms with Gasteiger partial charge in [0, 0.05) is 18.6 Å². The van der Waals surface area contributed by atoms with Gasteiger partial charge in [0.25, 0.3) is 0 Å². The van der Waals surface area contributed by atoms with Gasteiger partial charge in [-0.05, 0) is 54.5 Å². The molecule has 2 bridgehead atoms. The molecule has 0 saturated carbocycles. The SMILES string of the molecule is Cc1c(C2=CC3CCCC(C2)N3Cc2ccccc2)cccc1C(F)(F)F. The predicted molar refractivity (Wildman–Crippen MR) is 102 cm³/mol. The molecule has 0 amide bonds. The largest absolute Gasteiger partial charge is 0.416 e. The molecule has 1 saturated heterocycles. The summed E-state index contributed by atoms with van der Waals surface area (Å²) in [5, 5.41) is 0. The van der Waals surface area contributed by atoms with E-state index in [1.807, 2.05) is 12.1 Å². The van der Waals surface area contributed by atoms with Crippen LogP contribution in [0.2, 0.25) is 0 Å². The zero-order valence-electron chi connectivity index (χ0n) is 15.5. The minimum Gasteiger partial charge on any atom is -0.289 e. The summed E-state index contributed by atoms with van der Waals surface area (Å²) in [4.78, 5) is 2.53. The Balaban J connectivity index is 1.65. The van der Waals surface area contributed by atoms with Crippen molar-refractivity contribution in [1.82, 2.24) is 4.90 Å². The third kappa shape index (κ3) is 3.68. The maximum absolute atomic E-state index is 13.3. The Hall–Kier alpha value is -2.07. The smallest absolute Gasteiger partial charge is 0.289 e. The molecule has 0 aromatic heterocycles. The highest BCUT2D eigenvalue weighted by Gasteiger charge is 2.36. The number of alkyl halides is 3. The van der Waals surface area contributed by atoms with Crippen molar-refractivity contribution in [2.24, 2.45) is 0 Å². The normalized spacial score (nSPS) is 23.2. The summed E-state index contributed by atoms with van der Waals surface area (Å²) in [6.07, 6.45) is 2.12. The second-order valence-electron chi connectivity index (χ2n) is 7.68. The Morgan fingerprint density at radius 3 is 2.48 bits per heavy atom. The van der Waals surface area contributed by atoms with Crippen LogP contribution >= 0.6 is 0 Å². The third-order valence-electron chi connectivity index (χ3n) is 5.97. The first-order valence-electron chi connectivity index (χ1n) is 9.61. The highest BCUT2D eigenvalue weighted by Crippen LogP contribution is 2.41. The van der Waals surface area contributed by atoms with Gasteiger partial charge in [0.15, 0.2) is 0 Å². The summed E-state index contributed by atoms with van der Waals surface area (Å²) >= 11 is 0. The van der Waals surface area contributed by atoms with Crippen LogP contribution in [0.1, 0.15) is 47.9 Å². The molecule has 2 aliphatic heterocycles. The van der Waals surface area contributed by atoms with Crippen LogP contribution in [0.15, 0.2) is 54.6 Å². The third-order valence-corrected chi connectivity index (χ3v) is 5.97. The molecule has 2 aromatic rings. The quantitative estimate of drug-likeness (QED) is 0.619. The molecule has 0 radical (unpaired) electrons. The molecule has 142 valence electrons. The molecule has 1 nitrogen and oxygen atoms in total. The molecule has 2 aromatic carbocycles. The number of hydrogen-bond donors (Lipinski definition) is 0. The average Bonchev–Trinajstić information content (AvgIpc) is 2.62. The van der Waals surface area contributed by atoms with Crippen LogP contribution in [0.4, 0.5) is 13.2 Å². The minimum atomic E-state index is -4.30. The number of hydrogen-bond acceptors (Lipinski definition) is 1. The predicted octanol–water partition coefficient (Wildman–Crippen LogP) is 6.22. The molecule has 27 heavy (non-hydrogen) atoms. The summed E-state index contributed by atoms with van der Waals surface area (Å²) < 4.78 is 39.9. The number of rotatable bonds is 3. The van der Waals surface area contributed by atoms with Crippen molar-refractivity contribution >= 4 is 5.57 Å².